The van der Waals surface area contributed by atoms with Gasteiger partial charge in [0.25, 0.3) is 0 Å². The van der Waals surface area contributed by atoms with Crippen molar-refractivity contribution < 1.29 is 0 Å². The van der Waals surface area contributed by atoms with Crippen LogP contribution < -0.4 is 0 Å². The van der Waals surface area contributed by atoms with Gasteiger partial charge >= 0.3 is 0 Å². The van der Waals surface area contributed by atoms with Crippen LogP contribution in [0, 0.1) is 0 Å². The van der Waals surface area contributed by atoms with E-state index in [1.54, 1.807) is 0 Å². The highest BCUT2D eigenvalue weighted by atomic mass is 15.1. The maximum absolute atomic E-state index is 4.05. The van der Waals surface area contributed by atoms with Crippen LogP contribution in [-0.2, 0) is 0 Å². The average molecular weight is 189 g/mol. The number of rotatable bonds is 3. The van der Waals surface area contributed by atoms with Gasteiger partial charge in [-0.15, -0.1) is 0 Å². The summed E-state index contributed by atoms with van der Waals surface area (Å²) in [5, 5.41) is 0. The van der Waals surface area contributed by atoms with Gasteiger partial charge in [-0.2, -0.15) is 0 Å². The molecule has 0 N–H and O–H groups in total. The van der Waals surface area contributed by atoms with Crippen molar-refractivity contribution in [1.29, 1.82) is 0 Å². The summed E-state index contributed by atoms with van der Waals surface area (Å²) in [7, 11) is 4.04. The summed E-state index contributed by atoms with van der Waals surface area (Å²) in [6.07, 6.45) is 0. The Balaban J connectivity index is 3.00. The first kappa shape index (κ1) is 10.8. The minimum absolute atomic E-state index is 0.574. The summed E-state index contributed by atoms with van der Waals surface area (Å²) < 4.78 is 0. The molecule has 1 rings (SSSR count). The molecule has 0 saturated carbocycles. The molecule has 0 atom stereocenters. The zero-order chi connectivity index (χ0) is 10.7. The third kappa shape index (κ3) is 2.38. The van der Waals surface area contributed by atoms with E-state index in [2.05, 4.69) is 44.7 Å². The van der Waals surface area contributed by atoms with Crippen LogP contribution in [-0.4, -0.2) is 19.0 Å². The van der Waals surface area contributed by atoms with Gasteiger partial charge in [0.15, 0.2) is 0 Å². The molecule has 0 unspecified atom stereocenters. The van der Waals surface area contributed by atoms with Crippen LogP contribution in [0.3, 0.4) is 0 Å². The van der Waals surface area contributed by atoms with Crippen LogP contribution in [0.15, 0.2) is 30.8 Å². The van der Waals surface area contributed by atoms with Crippen molar-refractivity contribution in [3.05, 3.63) is 42.0 Å². The van der Waals surface area contributed by atoms with Crippen molar-refractivity contribution in [2.45, 2.75) is 19.8 Å². The Labute approximate surface area is 87.1 Å². The van der Waals surface area contributed by atoms with Crippen LogP contribution in [0.4, 0.5) is 0 Å². The van der Waals surface area contributed by atoms with Crippen LogP contribution >= 0.6 is 0 Å². The van der Waals surface area contributed by atoms with Crippen molar-refractivity contribution in [2.24, 2.45) is 0 Å². The molecular formula is C13H19N. The summed E-state index contributed by atoms with van der Waals surface area (Å²) in [5.74, 6) is 0.574. The van der Waals surface area contributed by atoms with E-state index in [1.165, 1.54) is 11.1 Å². The number of benzene rings is 1. The molecule has 0 saturated heterocycles. The van der Waals surface area contributed by atoms with E-state index in [1.807, 2.05) is 19.0 Å². The minimum atomic E-state index is 0.574. The molecule has 0 spiro atoms. The monoisotopic (exact) mass is 189 g/mol. The first-order valence-electron chi connectivity index (χ1n) is 4.99. The van der Waals surface area contributed by atoms with E-state index < -0.39 is 0 Å². The standard InChI is InChI=1S/C13H19N/c1-10(2)12-7-6-8-13(9-12)11(3)14(4)5/h6-10H,3H2,1-2,4-5H3. The predicted molar refractivity (Wildman–Crippen MR) is 63.3 cm³/mol. The molecule has 0 radical (unpaired) electrons. The lowest BCUT2D eigenvalue weighted by Gasteiger charge is -2.17. The molecule has 1 aromatic rings. The second-order valence-corrected chi connectivity index (χ2v) is 4.12. The van der Waals surface area contributed by atoms with Gasteiger partial charge in [-0.3, -0.25) is 0 Å². The molecule has 0 aromatic heterocycles. The number of nitrogens with zero attached hydrogens (tertiary/aromatic N) is 1. The molecule has 0 aliphatic heterocycles. The van der Waals surface area contributed by atoms with Gasteiger partial charge in [0.05, 0.1) is 0 Å². The maximum atomic E-state index is 4.05. The summed E-state index contributed by atoms with van der Waals surface area (Å²) in [6, 6.07) is 8.58. The Kier molecular flexibility index (Phi) is 3.34. The summed E-state index contributed by atoms with van der Waals surface area (Å²) in [4.78, 5) is 2.04. The fraction of sp³-hybridized carbons (Fsp3) is 0.385. The Morgan fingerprint density at radius 3 is 2.43 bits per heavy atom. The third-order valence-corrected chi connectivity index (χ3v) is 2.43. The fourth-order valence-electron chi connectivity index (χ4n) is 1.34. The summed E-state index contributed by atoms with van der Waals surface area (Å²) >= 11 is 0. The third-order valence-electron chi connectivity index (χ3n) is 2.43. The van der Waals surface area contributed by atoms with Crippen molar-refractivity contribution in [3.8, 4) is 0 Å². The fourth-order valence-corrected chi connectivity index (χ4v) is 1.34. The molecule has 0 bridgehead atoms. The molecule has 0 aliphatic rings. The molecule has 0 fully saturated rings. The highest BCUT2D eigenvalue weighted by molar-refractivity contribution is 5.62. The van der Waals surface area contributed by atoms with Crippen molar-refractivity contribution in [2.75, 3.05) is 14.1 Å². The van der Waals surface area contributed by atoms with Crippen LogP contribution in [0.25, 0.3) is 5.70 Å². The van der Waals surface area contributed by atoms with Crippen molar-refractivity contribution in [3.63, 3.8) is 0 Å². The molecule has 1 aromatic carbocycles. The predicted octanol–water partition coefficient (Wildman–Crippen LogP) is 3.34. The first-order chi connectivity index (χ1) is 6.52. The lowest BCUT2D eigenvalue weighted by atomic mass is 10.00. The minimum Gasteiger partial charge on any atom is -0.378 e. The van der Waals surface area contributed by atoms with Crippen molar-refractivity contribution in [1.82, 2.24) is 4.90 Å². The molecule has 14 heavy (non-hydrogen) atoms. The smallest absolute Gasteiger partial charge is 0.0361 e. The molecule has 1 nitrogen and oxygen atoms in total. The van der Waals surface area contributed by atoms with Gasteiger partial charge in [0.1, 0.15) is 0 Å². The van der Waals surface area contributed by atoms with Gasteiger partial charge < -0.3 is 4.90 Å². The van der Waals surface area contributed by atoms with Crippen LogP contribution in [0.5, 0.6) is 0 Å². The zero-order valence-corrected chi connectivity index (χ0v) is 9.54. The van der Waals surface area contributed by atoms with Gasteiger partial charge in [-0.25, -0.2) is 0 Å². The van der Waals surface area contributed by atoms with E-state index >= 15 is 0 Å². The quantitative estimate of drug-likeness (QED) is 0.705. The van der Waals surface area contributed by atoms with E-state index in [4.69, 9.17) is 0 Å². The summed E-state index contributed by atoms with van der Waals surface area (Å²) in [6.45, 7) is 8.46. The van der Waals surface area contributed by atoms with Gasteiger partial charge in [0, 0.05) is 19.8 Å². The largest absolute Gasteiger partial charge is 0.378 e. The van der Waals surface area contributed by atoms with E-state index in [9.17, 15) is 0 Å². The SMILES string of the molecule is C=C(c1cccc(C(C)C)c1)N(C)C. The molecule has 76 valence electrons. The molecule has 1 heteroatoms. The average Bonchev–Trinajstić information content (AvgIpc) is 2.16. The van der Waals surface area contributed by atoms with Crippen LogP contribution in [0.2, 0.25) is 0 Å². The highest BCUT2D eigenvalue weighted by Gasteiger charge is 2.03. The second kappa shape index (κ2) is 4.32. The van der Waals surface area contributed by atoms with Gasteiger partial charge in [0.2, 0.25) is 0 Å². The topological polar surface area (TPSA) is 3.24 Å². The summed E-state index contributed by atoms with van der Waals surface area (Å²) in [5.41, 5.74) is 3.64. The van der Waals surface area contributed by atoms with E-state index in [-0.39, 0.29) is 0 Å². The van der Waals surface area contributed by atoms with Crippen molar-refractivity contribution >= 4 is 5.70 Å². The lowest BCUT2D eigenvalue weighted by Crippen LogP contribution is -2.08. The molecule has 0 heterocycles. The highest BCUT2D eigenvalue weighted by Crippen LogP contribution is 2.20. The Bertz CT molecular complexity index is 324. The number of hydrogen-bond donors (Lipinski definition) is 0. The van der Waals surface area contributed by atoms with E-state index in [0.29, 0.717) is 5.92 Å². The Hall–Kier alpha value is -1.24. The van der Waals surface area contributed by atoms with Gasteiger partial charge in [-0.05, 0) is 23.1 Å². The second-order valence-electron chi connectivity index (χ2n) is 4.12. The Morgan fingerprint density at radius 2 is 1.93 bits per heavy atom. The zero-order valence-electron chi connectivity index (χ0n) is 9.54. The normalized spacial score (nSPS) is 10.4. The molecule has 0 aliphatic carbocycles. The van der Waals surface area contributed by atoms with Gasteiger partial charge in [-0.1, -0.05) is 38.6 Å². The maximum Gasteiger partial charge on any atom is 0.0361 e. The molecule has 0 amide bonds. The Morgan fingerprint density at radius 1 is 1.29 bits per heavy atom. The van der Waals surface area contributed by atoms with Crippen LogP contribution in [0.1, 0.15) is 30.9 Å². The first-order valence-corrected chi connectivity index (χ1v) is 4.99. The van der Waals surface area contributed by atoms with E-state index in [0.717, 1.165) is 5.70 Å². The lowest BCUT2D eigenvalue weighted by molar-refractivity contribution is 0.593. The number of hydrogen-bond acceptors (Lipinski definition) is 1. The molecular weight excluding hydrogens is 170 g/mol.